The molecule has 1 aromatic carbocycles. The Bertz CT molecular complexity index is 991. The first-order valence-corrected chi connectivity index (χ1v) is 14.4. The molecule has 2 N–H and O–H groups in total. The van der Waals surface area contributed by atoms with E-state index in [4.69, 9.17) is 4.74 Å². The summed E-state index contributed by atoms with van der Waals surface area (Å²) < 4.78 is 47.0. The van der Waals surface area contributed by atoms with Gasteiger partial charge in [0, 0.05) is 37.3 Å². The van der Waals surface area contributed by atoms with Gasteiger partial charge in [-0.15, -0.1) is 0 Å². The van der Waals surface area contributed by atoms with E-state index in [9.17, 15) is 23.1 Å². The summed E-state index contributed by atoms with van der Waals surface area (Å²) in [5.41, 5.74) is -0.0908. The number of halogens is 3. The number of carboxylic acid groups (broad SMARTS) is 1. The Balaban J connectivity index is 1.59. The number of carboxylic acids is 1. The SMILES string of the molecule is Cc1c(CN2C(C)NC3C(C(=O)O)CC(N4CCOCC4)CC32C2CCCCCC2)cccc1C(F)(F)F. The van der Waals surface area contributed by atoms with E-state index in [1.807, 2.05) is 6.07 Å². The van der Waals surface area contributed by atoms with Gasteiger partial charge in [0.25, 0.3) is 0 Å². The maximum atomic E-state index is 13.8. The zero-order chi connectivity index (χ0) is 27.1. The monoisotopic (exact) mass is 537 g/mol. The number of alkyl halides is 3. The van der Waals surface area contributed by atoms with Crippen molar-refractivity contribution in [1.29, 1.82) is 0 Å². The van der Waals surface area contributed by atoms with Crippen molar-refractivity contribution in [2.45, 2.75) is 102 Å². The highest BCUT2D eigenvalue weighted by atomic mass is 19.4. The van der Waals surface area contributed by atoms with Gasteiger partial charge in [0.1, 0.15) is 0 Å². The molecule has 0 spiro atoms. The van der Waals surface area contributed by atoms with Crippen LogP contribution in [0.3, 0.4) is 0 Å². The quantitative estimate of drug-likeness (QED) is 0.514. The molecule has 2 aliphatic carbocycles. The van der Waals surface area contributed by atoms with Crippen LogP contribution in [-0.2, 0) is 22.3 Å². The number of morpholine rings is 1. The van der Waals surface area contributed by atoms with Crippen LogP contribution in [0, 0.1) is 18.8 Å². The lowest BCUT2D eigenvalue weighted by molar-refractivity contribution is -0.149. The number of nitrogens with one attached hydrogen (secondary N) is 1. The van der Waals surface area contributed by atoms with Crippen LogP contribution in [0.1, 0.15) is 75.0 Å². The number of hydrogen-bond donors (Lipinski definition) is 2. The second kappa shape index (κ2) is 11.1. The molecule has 4 fully saturated rings. The Labute approximate surface area is 223 Å². The van der Waals surface area contributed by atoms with Crippen LogP contribution in [0.4, 0.5) is 13.2 Å². The van der Waals surface area contributed by atoms with Crippen LogP contribution in [0.5, 0.6) is 0 Å². The molecular weight excluding hydrogens is 495 g/mol. The Morgan fingerprint density at radius 1 is 1.16 bits per heavy atom. The maximum Gasteiger partial charge on any atom is 0.416 e. The largest absolute Gasteiger partial charge is 0.481 e. The second-order valence-electron chi connectivity index (χ2n) is 11.9. The number of ether oxygens (including phenoxy) is 1. The molecule has 1 aromatic rings. The van der Waals surface area contributed by atoms with Crippen LogP contribution in [0.25, 0.3) is 0 Å². The summed E-state index contributed by atoms with van der Waals surface area (Å²) in [6.07, 6.45) is 3.54. The van der Waals surface area contributed by atoms with Crippen LogP contribution in [0.2, 0.25) is 0 Å². The lowest BCUT2D eigenvalue weighted by Crippen LogP contribution is -2.67. The van der Waals surface area contributed by atoms with Gasteiger partial charge in [-0.1, -0.05) is 37.8 Å². The topological polar surface area (TPSA) is 65.0 Å². The van der Waals surface area contributed by atoms with Crippen molar-refractivity contribution in [3.63, 3.8) is 0 Å². The summed E-state index contributed by atoms with van der Waals surface area (Å²) in [4.78, 5) is 17.6. The van der Waals surface area contributed by atoms with E-state index in [2.05, 4.69) is 22.0 Å². The third-order valence-corrected chi connectivity index (χ3v) is 9.99. The molecule has 0 amide bonds. The third kappa shape index (κ3) is 5.11. The zero-order valence-electron chi connectivity index (χ0n) is 22.6. The smallest absolute Gasteiger partial charge is 0.416 e. The number of aliphatic carboxylic acids is 1. The van der Waals surface area contributed by atoms with E-state index in [1.54, 1.807) is 6.92 Å². The van der Waals surface area contributed by atoms with Crippen molar-refractivity contribution in [1.82, 2.24) is 15.1 Å². The molecule has 2 saturated heterocycles. The van der Waals surface area contributed by atoms with Crippen molar-refractivity contribution < 1.29 is 27.8 Å². The molecule has 0 aromatic heterocycles. The van der Waals surface area contributed by atoms with E-state index >= 15 is 0 Å². The fourth-order valence-corrected chi connectivity index (χ4v) is 8.16. The van der Waals surface area contributed by atoms with Gasteiger partial charge in [0.05, 0.1) is 30.9 Å². The summed E-state index contributed by atoms with van der Waals surface area (Å²) in [7, 11) is 0. The average molecular weight is 538 g/mol. The second-order valence-corrected chi connectivity index (χ2v) is 11.9. The number of carbonyl (C=O) groups is 1. The van der Waals surface area contributed by atoms with Gasteiger partial charge in [0.2, 0.25) is 0 Å². The van der Waals surface area contributed by atoms with Crippen LogP contribution in [0.15, 0.2) is 18.2 Å². The summed E-state index contributed by atoms with van der Waals surface area (Å²) in [5, 5.41) is 14.2. The highest BCUT2D eigenvalue weighted by Gasteiger charge is 2.62. The molecular formula is C29H42F3N3O3. The molecule has 38 heavy (non-hydrogen) atoms. The van der Waals surface area contributed by atoms with Gasteiger partial charge in [-0.3, -0.25) is 19.9 Å². The Morgan fingerprint density at radius 3 is 2.47 bits per heavy atom. The molecule has 4 aliphatic rings. The molecule has 0 bridgehead atoms. The Kier molecular flexibility index (Phi) is 8.11. The summed E-state index contributed by atoms with van der Waals surface area (Å²) in [5.74, 6) is -1.03. The summed E-state index contributed by atoms with van der Waals surface area (Å²) in [6.45, 7) is 6.88. The maximum absolute atomic E-state index is 13.8. The van der Waals surface area contributed by atoms with Gasteiger partial charge < -0.3 is 9.84 Å². The summed E-state index contributed by atoms with van der Waals surface area (Å²) in [6, 6.07) is 4.34. The third-order valence-electron chi connectivity index (χ3n) is 9.99. The van der Waals surface area contributed by atoms with E-state index in [0.717, 1.165) is 51.3 Å². The number of rotatable bonds is 5. The highest BCUT2D eigenvalue weighted by Crippen LogP contribution is 2.52. The first kappa shape index (κ1) is 27.9. The molecule has 2 heterocycles. The van der Waals surface area contributed by atoms with Crippen molar-refractivity contribution in [3.8, 4) is 0 Å². The predicted octanol–water partition coefficient (Wildman–Crippen LogP) is 5.04. The molecule has 5 unspecified atom stereocenters. The van der Waals surface area contributed by atoms with Crippen molar-refractivity contribution in [3.05, 3.63) is 34.9 Å². The summed E-state index contributed by atoms with van der Waals surface area (Å²) >= 11 is 0. The van der Waals surface area contributed by atoms with Gasteiger partial charge >= 0.3 is 12.1 Å². The molecule has 2 saturated carbocycles. The normalized spacial score (nSPS) is 34.1. The number of hydrogen-bond acceptors (Lipinski definition) is 5. The van der Waals surface area contributed by atoms with Crippen molar-refractivity contribution >= 4 is 5.97 Å². The molecule has 5 atom stereocenters. The van der Waals surface area contributed by atoms with Crippen molar-refractivity contribution in [2.24, 2.45) is 11.8 Å². The van der Waals surface area contributed by atoms with E-state index in [0.29, 0.717) is 37.7 Å². The number of fused-ring (bicyclic) bond motifs is 1. The van der Waals surface area contributed by atoms with Gasteiger partial charge in [0.15, 0.2) is 0 Å². The minimum atomic E-state index is -4.41. The van der Waals surface area contributed by atoms with E-state index in [1.165, 1.54) is 18.9 Å². The first-order chi connectivity index (χ1) is 18.1. The minimum Gasteiger partial charge on any atom is -0.481 e. The van der Waals surface area contributed by atoms with Gasteiger partial charge in [-0.2, -0.15) is 13.2 Å². The lowest BCUT2D eigenvalue weighted by Gasteiger charge is -2.56. The fourth-order valence-electron chi connectivity index (χ4n) is 8.16. The number of nitrogens with zero attached hydrogens (tertiary/aromatic N) is 2. The van der Waals surface area contributed by atoms with Crippen LogP contribution >= 0.6 is 0 Å². The number of benzene rings is 1. The van der Waals surface area contributed by atoms with E-state index in [-0.39, 0.29) is 23.8 Å². The molecule has 9 heteroatoms. The zero-order valence-corrected chi connectivity index (χ0v) is 22.6. The lowest BCUT2D eigenvalue weighted by atomic mass is 9.61. The van der Waals surface area contributed by atoms with Crippen LogP contribution in [-0.4, -0.2) is 71.0 Å². The van der Waals surface area contributed by atoms with Crippen LogP contribution < -0.4 is 5.32 Å². The molecule has 2 aliphatic heterocycles. The minimum absolute atomic E-state index is 0.108. The molecule has 5 rings (SSSR count). The van der Waals surface area contributed by atoms with Gasteiger partial charge in [-0.25, -0.2) is 0 Å². The highest BCUT2D eigenvalue weighted by molar-refractivity contribution is 5.72. The van der Waals surface area contributed by atoms with Gasteiger partial charge in [-0.05, 0) is 62.6 Å². The van der Waals surface area contributed by atoms with Crippen molar-refractivity contribution in [2.75, 3.05) is 26.3 Å². The average Bonchev–Trinajstić information content (AvgIpc) is 3.04. The Morgan fingerprint density at radius 2 is 1.84 bits per heavy atom. The standard InChI is InChI=1S/C29H42F3N3O3/c1-19-21(8-7-11-25(19)29(30,31)32)18-35-20(2)33-26-24(27(36)37)16-23(34-12-14-38-15-13-34)17-28(26,35)22-9-5-3-4-6-10-22/h7-8,11,20,22-24,26,33H,3-6,9-10,12-18H2,1-2H3,(H,36,37). The first-order valence-electron chi connectivity index (χ1n) is 14.4. The molecule has 6 nitrogen and oxygen atoms in total. The molecule has 0 radical (unpaired) electrons. The van der Waals surface area contributed by atoms with E-state index < -0.39 is 29.2 Å². The fraction of sp³-hybridized carbons (Fsp3) is 0.759. The predicted molar refractivity (Wildman–Crippen MR) is 139 cm³/mol. The Hall–Kier alpha value is -1.68. The molecule has 212 valence electrons.